The Labute approximate surface area is 89.4 Å². The smallest absolute Gasteiger partial charge is 0.0462 e. The molecule has 1 heterocycles. The maximum atomic E-state index is 6.10. The van der Waals surface area contributed by atoms with E-state index in [1.807, 2.05) is 23.5 Å². The van der Waals surface area contributed by atoms with Gasteiger partial charge in [-0.15, -0.1) is 0 Å². The van der Waals surface area contributed by atoms with E-state index in [-0.39, 0.29) is 0 Å². The molecule has 2 nitrogen and oxygen atoms in total. The Kier molecular flexibility index (Phi) is 6.28. The minimum absolute atomic E-state index is 0.368. The second-order valence-corrected chi connectivity index (χ2v) is 5.78. The van der Waals surface area contributed by atoms with E-state index in [4.69, 9.17) is 10.5 Å². The molecule has 0 amide bonds. The first-order valence-corrected chi connectivity index (χ1v) is 6.99. The minimum atomic E-state index is 0.368. The van der Waals surface area contributed by atoms with E-state index in [0.29, 0.717) is 11.3 Å². The number of methoxy groups -OCH3 is 1. The van der Waals surface area contributed by atoms with Crippen molar-refractivity contribution in [1.82, 2.24) is 0 Å². The Morgan fingerprint density at radius 2 is 2.38 bits per heavy atom. The van der Waals surface area contributed by atoms with Gasteiger partial charge in [-0.1, -0.05) is 0 Å². The van der Waals surface area contributed by atoms with Crippen LogP contribution in [0.15, 0.2) is 0 Å². The molecular formula is C9H19NOS2. The molecule has 4 heteroatoms. The maximum absolute atomic E-state index is 6.10. The normalized spacial score (nSPS) is 25.8. The third-order valence-electron chi connectivity index (χ3n) is 2.21. The Balaban J connectivity index is 2.09. The zero-order valence-electron chi connectivity index (χ0n) is 8.20. The van der Waals surface area contributed by atoms with Crippen LogP contribution in [0, 0.1) is 0 Å². The van der Waals surface area contributed by atoms with Crippen molar-refractivity contribution in [2.45, 2.75) is 24.1 Å². The Morgan fingerprint density at radius 1 is 1.54 bits per heavy atom. The standard InChI is InChI=1S/C9H19NOS2/c1-11-4-2-3-8(10)9-7-12-5-6-13-9/h8-9H,2-7,10H2,1H3. The lowest BCUT2D eigenvalue weighted by molar-refractivity contribution is 0.190. The predicted octanol–water partition coefficient (Wildman–Crippen LogP) is 1.59. The van der Waals surface area contributed by atoms with Crippen LogP contribution >= 0.6 is 23.5 Å². The van der Waals surface area contributed by atoms with Gasteiger partial charge >= 0.3 is 0 Å². The zero-order valence-corrected chi connectivity index (χ0v) is 9.83. The van der Waals surface area contributed by atoms with Gasteiger partial charge < -0.3 is 10.5 Å². The van der Waals surface area contributed by atoms with Crippen LogP contribution in [0.25, 0.3) is 0 Å². The molecule has 0 bridgehead atoms. The molecular weight excluding hydrogens is 202 g/mol. The average molecular weight is 221 g/mol. The summed E-state index contributed by atoms with van der Waals surface area (Å²) in [7, 11) is 1.75. The molecule has 1 aliphatic rings. The van der Waals surface area contributed by atoms with Crippen LogP contribution in [0.2, 0.25) is 0 Å². The number of rotatable bonds is 5. The van der Waals surface area contributed by atoms with Gasteiger partial charge in [-0.3, -0.25) is 0 Å². The second kappa shape index (κ2) is 6.98. The van der Waals surface area contributed by atoms with Crippen molar-refractivity contribution in [2.75, 3.05) is 31.0 Å². The van der Waals surface area contributed by atoms with Crippen LogP contribution in [0.3, 0.4) is 0 Å². The Morgan fingerprint density at radius 3 is 3.00 bits per heavy atom. The van der Waals surface area contributed by atoms with Gasteiger partial charge in [0, 0.05) is 42.3 Å². The molecule has 0 aliphatic carbocycles. The highest BCUT2D eigenvalue weighted by molar-refractivity contribution is 8.06. The van der Waals surface area contributed by atoms with E-state index < -0.39 is 0 Å². The van der Waals surface area contributed by atoms with Gasteiger partial charge in [0.1, 0.15) is 0 Å². The van der Waals surface area contributed by atoms with E-state index in [1.54, 1.807) is 7.11 Å². The summed E-state index contributed by atoms with van der Waals surface area (Å²) in [5, 5.41) is 0.676. The fraction of sp³-hybridized carbons (Fsp3) is 1.00. The lowest BCUT2D eigenvalue weighted by Crippen LogP contribution is -2.36. The van der Waals surface area contributed by atoms with Crippen molar-refractivity contribution in [3.05, 3.63) is 0 Å². The number of thioether (sulfide) groups is 2. The first-order chi connectivity index (χ1) is 6.34. The number of hydrogen-bond donors (Lipinski definition) is 1. The first kappa shape index (κ1) is 11.7. The zero-order chi connectivity index (χ0) is 9.52. The summed E-state index contributed by atoms with van der Waals surface area (Å²) in [6.45, 7) is 0.845. The number of hydrogen-bond acceptors (Lipinski definition) is 4. The largest absolute Gasteiger partial charge is 0.385 e. The highest BCUT2D eigenvalue weighted by Crippen LogP contribution is 2.26. The van der Waals surface area contributed by atoms with Gasteiger partial charge in [-0.2, -0.15) is 23.5 Å². The van der Waals surface area contributed by atoms with E-state index in [0.717, 1.165) is 19.4 Å². The summed E-state index contributed by atoms with van der Waals surface area (Å²) >= 11 is 4.08. The molecule has 2 atom stereocenters. The van der Waals surface area contributed by atoms with Gasteiger partial charge in [0.15, 0.2) is 0 Å². The van der Waals surface area contributed by atoms with Crippen molar-refractivity contribution < 1.29 is 4.74 Å². The molecule has 2 N–H and O–H groups in total. The Hall–Kier alpha value is 0.620. The molecule has 1 rings (SSSR count). The van der Waals surface area contributed by atoms with Gasteiger partial charge in [0.05, 0.1) is 0 Å². The molecule has 1 saturated heterocycles. The molecule has 0 aromatic carbocycles. The van der Waals surface area contributed by atoms with Crippen molar-refractivity contribution in [3.8, 4) is 0 Å². The summed E-state index contributed by atoms with van der Waals surface area (Å²) in [4.78, 5) is 0. The monoisotopic (exact) mass is 221 g/mol. The van der Waals surface area contributed by atoms with Gasteiger partial charge in [-0.05, 0) is 12.8 Å². The molecule has 13 heavy (non-hydrogen) atoms. The topological polar surface area (TPSA) is 35.2 Å². The summed E-state index contributed by atoms with van der Waals surface area (Å²) in [5.41, 5.74) is 6.10. The molecule has 0 aromatic rings. The summed E-state index contributed by atoms with van der Waals surface area (Å²) in [5.74, 6) is 3.80. The van der Waals surface area contributed by atoms with Crippen LogP contribution in [0.1, 0.15) is 12.8 Å². The lowest BCUT2D eigenvalue weighted by Gasteiger charge is -2.26. The summed E-state index contributed by atoms with van der Waals surface area (Å²) in [6, 6.07) is 0.368. The highest BCUT2D eigenvalue weighted by Gasteiger charge is 2.20. The van der Waals surface area contributed by atoms with E-state index >= 15 is 0 Å². The first-order valence-electron chi connectivity index (χ1n) is 4.78. The highest BCUT2D eigenvalue weighted by atomic mass is 32.2. The summed E-state index contributed by atoms with van der Waals surface area (Å²) in [6.07, 6.45) is 2.20. The van der Waals surface area contributed by atoms with Gasteiger partial charge in [0.25, 0.3) is 0 Å². The molecule has 78 valence electrons. The van der Waals surface area contributed by atoms with Gasteiger partial charge in [0.2, 0.25) is 0 Å². The summed E-state index contributed by atoms with van der Waals surface area (Å²) < 4.78 is 5.01. The van der Waals surface area contributed by atoms with Crippen LogP contribution < -0.4 is 5.73 Å². The molecule has 1 aliphatic heterocycles. The van der Waals surface area contributed by atoms with E-state index in [9.17, 15) is 0 Å². The minimum Gasteiger partial charge on any atom is -0.385 e. The third kappa shape index (κ3) is 4.58. The lowest BCUT2D eigenvalue weighted by atomic mass is 10.1. The van der Waals surface area contributed by atoms with Crippen molar-refractivity contribution in [3.63, 3.8) is 0 Å². The molecule has 0 radical (unpaired) electrons. The molecule has 2 unspecified atom stereocenters. The van der Waals surface area contributed by atoms with E-state index in [2.05, 4.69) is 0 Å². The van der Waals surface area contributed by atoms with Crippen molar-refractivity contribution in [2.24, 2.45) is 5.73 Å². The maximum Gasteiger partial charge on any atom is 0.0462 e. The average Bonchev–Trinajstić information content (AvgIpc) is 2.19. The molecule has 0 aromatic heterocycles. The van der Waals surface area contributed by atoms with E-state index in [1.165, 1.54) is 17.3 Å². The third-order valence-corrected chi connectivity index (χ3v) is 5.15. The van der Waals surface area contributed by atoms with Crippen LogP contribution in [0.4, 0.5) is 0 Å². The predicted molar refractivity (Wildman–Crippen MR) is 62.7 cm³/mol. The fourth-order valence-corrected chi connectivity index (χ4v) is 4.26. The van der Waals surface area contributed by atoms with Crippen LogP contribution in [-0.4, -0.2) is 42.3 Å². The molecule has 0 spiro atoms. The molecule has 1 fully saturated rings. The number of ether oxygens (including phenoxy) is 1. The van der Waals surface area contributed by atoms with Crippen LogP contribution in [0.5, 0.6) is 0 Å². The van der Waals surface area contributed by atoms with Crippen LogP contribution in [-0.2, 0) is 4.74 Å². The fourth-order valence-electron chi connectivity index (χ4n) is 1.40. The Bertz CT molecular complexity index is 129. The van der Waals surface area contributed by atoms with Crippen molar-refractivity contribution >= 4 is 23.5 Å². The van der Waals surface area contributed by atoms with Gasteiger partial charge in [-0.25, -0.2) is 0 Å². The second-order valence-electron chi connectivity index (χ2n) is 3.28. The van der Waals surface area contributed by atoms with Crippen molar-refractivity contribution in [1.29, 1.82) is 0 Å². The number of nitrogens with two attached hydrogens (primary N) is 1. The SMILES string of the molecule is COCCCC(N)C1CSCCS1. The molecule has 0 saturated carbocycles. The quantitative estimate of drug-likeness (QED) is 0.715.